The number of rotatable bonds is 3. The van der Waals surface area contributed by atoms with Gasteiger partial charge in [-0.2, -0.15) is 0 Å². The normalized spacial score (nSPS) is 9.90. The molecule has 2 amide bonds. The lowest BCUT2D eigenvalue weighted by Gasteiger charge is -2.09. The van der Waals surface area contributed by atoms with Gasteiger partial charge in [-0.1, -0.05) is 12.1 Å². The first kappa shape index (κ1) is 13.7. The van der Waals surface area contributed by atoms with Crippen molar-refractivity contribution in [2.75, 3.05) is 10.6 Å². The van der Waals surface area contributed by atoms with Crippen LogP contribution in [0.5, 0.6) is 0 Å². The number of hydrogen-bond donors (Lipinski definition) is 2. The van der Waals surface area contributed by atoms with E-state index in [1.165, 1.54) is 6.92 Å². The van der Waals surface area contributed by atoms with Crippen LogP contribution in [0.15, 0.2) is 36.7 Å². The van der Waals surface area contributed by atoms with Crippen LogP contribution in [0.25, 0.3) is 0 Å². The number of anilines is 2. The standard InChI is InChI=1S/C14H14N4O2/c1-9-7-15-14(16-8-9)18-13(20)11-5-3-4-6-12(11)17-10(2)19/h3-8H,1-2H3,(H,17,19)(H,15,16,18,20). The topological polar surface area (TPSA) is 84.0 Å². The number of nitrogens with zero attached hydrogens (tertiary/aromatic N) is 2. The third-order valence-corrected chi connectivity index (χ3v) is 2.49. The van der Waals surface area contributed by atoms with Crippen molar-refractivity contribution in [3.63, 3.8) is 0 Å². The number of benzene rings is 1. The van der Waals surface area contributed by atoms with Crippen LogP contribution in [0.3, 0.4) is 0 Å². The fourth-order valence-corrected chi connectivity index (χ4v) is 1.61. The number of carbonyl (C=O) groups excluding carboxylic acids is 2. The fourth-order valence-electron chi connectivity index (χ4n) is 1.61. The first-order chi connectivity index (χ1) is 9.56. The zero-order valence-electron chi connectivity index (χ0n) is 11.2. The fraction of sp³-hybridized carbons (Fsp3) is 0.143. The Labute approximate surface area is 116 Å². The summed E-state index contributed by atoms with van der Waals surface area (Å²) in [6.07, 6.45) is 3.23. The van der Waals surface area contributed by atoms with Crippen molar-refractivity contribution < 1.29 is 9.59 Å². The number of hydrogen-bond acceptors (Lipinski definition) is 4. The van der Waals surface area contributed by atoms with Crippen molar-refractivity contribution in [2.45, 2.75) is 13.8 Å². The molecule has 2 N–H and O–H groups in total. The van der Waals surface area contributed by atoms with Crippen molar-refractivity contribution in [3.8, 4) is 0 Å². The molecule has 0 radical (unpaired) electrons. The summed E-state index contributed by atoms with van der Waals surface area (Å²) in [5, 5.41) is 5.20. The van der Waals surface area contributed by atoms with Crippen molar-refractivity contribution in [1.29, 1.82) is 0 Å². The van der Waals surface area contributed by atoms with Crippen LogP contribution in [0.2, 0.25) is 0 Å². The first-order valence-corrected chi connectivity index (χ1v) is 6.03. The summed E-state index contributed by atoms with van der Waals surface area (Å²) in [4.78, 5) is 31.3. The van der Waals surface area contributed by atoms with Crippen LogP contribution in [-0.4, -0.2) is 21.8 Å². The molecule has 2 aromatic rings. The van der Waals surface area contributed by atoms with Gasteiger partial charge in [0.2, 0.25) is 11.9 Å². The lowest BCUT2D eigenvalue weighted by atomic mass is 10.1. The predicted molar refractivity (Wildman–Crippen MR) is 75.5 cm³/mol. The molecule has 0 aliphatic heterocycles. The van der Waals surface area contributed by atoms with E-state index in [2.05, 4.69) is 20.6 Å². The van der Waals surface area contributed by atoms with Crippen LogP contribution < -0.4 is 10.6 Å². The molecule has 0 spiro atoms. The largest absolute Gasteiger partial charge is 0.326 e. The first-order valence-electron chi connectivity index (χ1n) is 6.03. The van der Waals surface area contributed by atoms with E-state index in [1.807, 2.05) is 6.92 Å². The Kier molecular flexibility index (Phi) is 4.05. The lowest BCUT2D eigenvalue weighted by molar-refractivity contribution is -0.114. The van der Waals surface area contributed by atoms with E-state index in [9.17, 15) is 9.59 Å². The maximum atomic E-state index is 12.2. The van der Waals surface area contributed by atoms with Gasteiger partial charge in [-0.3, -0.25) is 14.9 Å². The van der Waals surface area contributed by atoms with Gasteiger partial charge >= 0.3 is 0 Å². The summed E-state index contributed by atoms with van der Waals surface area (Å²) >= 11 is 0. The minimum atomic E-state index is -0.377. The second-order valence-corrected chi connectivity index (χ2v) is 4.26. The molecule has 0 aliphatic rings. The van der Waals surface area contributed by atoms with Crippen molar-refractivity contribution in [3.05, 3.63) is 47.8 Å². The Hall–Kier alpha value is -2.76. The monoisotopic (exact) mass is 270 g/mol. The maximum Gasteiger partial charge on any atom is 0.260 e. The van der Waals surface area contributed by atoms with Gasteiger partial charge in [-0.05, 0) is 24.6 Å². The number of para-hydroxylation sites is 1. The summed E-state index contributed by atoms with van der Waals surface area (Å²) in [5.74, 6) is -0.395. The molecule has 0 saturated carbocycles. The Balaban J connectivity index is 2.20. The van der Waals surface area contributed by atoms with Crippen molar-refractivity contribution in [1.82, 2.24) is 9.97 Å². The van der Waals surface area contributed by atoms with Crippen LogP contribution >= 0.6 is 0 Å². The van der Waals surface area contributed by atoms with Crippen LogP contribution in [0.4, 0.5) is 11.6 Å². The summed E-state index contributed by atoms with van der Waals surface area (Å²) in [5.41, 5.74) is 1.71. The predicted octanol–water partition coefficient (Wildman–Crippen LogP) is 2.00. The molecule has 0 saturated heterocycles. The van der Waals surface area contributed by atoms with Crippen LogP contribution in [0.1, 0.15) is 22.8 Å². The Morgan fingerprint density at radius 1 is 1.05 bits per heavy atom. The smallest absolute Gasteiger partial charge is 0.260 e. The Morgan fingerprint density at radius 2 is 1.70 bits per heavy atom. The van der Waals surface area contributed by atoms with Gasteiger partial charge < -0.3 is 5.32 Å². The summed E-state index contributed by atoms with van der Waals surface area (Å²) in [6, 6.07) is 6.74. The van der Waals surface area contributed by atoms with Crippen LogP contribution in [-0.2, 0) is 4.79 Å². The highest BCUT2D eigenvalue weighted by molar-refractivity contribution is 6.09. The van der Waals surface area contributed by atoms with Gasteiger partial charge in [-0.25, -0.2) is 9.97 Å². The lowest BCUT2D eigenvalue weighted by Crippen LogP contribution is -2.17. The molecule has 0 aliphatic carbocycles. The molecule has 2 rings (SSSR count). The third-order valence-electron chi connectivity index (χ3n) is 2.49. The van der Waals surface area contributed by atoms with Gasteiger partial charge in [0.25, 0.3) is 5.91 Å². The number of aromatic nitrogens is 2. The number of amides is 2. The molecule has 0 bridgehead atoms. The van der Waals surface area contributed by atoms with Gasteiger partial charge in [0, 0.05) is 19.3 Å². The minimum Gasteiger partial charge on any atom is -0.326 e. The number of carbonyl (C=O) groups is 2. The highest BCUT2D eigenvalue weighted by atomic mass is 16.2. The highest BCUT2D eigenvalue weighted by Gasteiger charge is 2.12. The summed E-state index contributed by atoms with van der Waals surface area (Å²) in [6.45, 7) is 3.25. The molecule has 6 heteroatoms. The molecule has 0 unspecified atom stereocenters. The van der Waals surface area contributed by atoms with Gasteiger partial charge in [0.1, 0.15) is 0 Å². The number of nitrogens with one attached hydrogen (secondary N) is 2. The van der Waals surface area contributed by atoms with Crippen LogP contribution in [0, 0.1) is 6.92 Å². The van der Waals surface area contributed by atoms with E-state index in [1.54, 1.807) is 36.7 Å². The molecular weight excluding hydrogens is 256 g/mol. The second kappa shape index (κ2) is 5.92. The zero-order chi connectivity index (χ0) is 14.5. The van der Waals surface area contributed by atoms with Gasteiger partial charge in [0.05, 0.1) is 11.3 Å². The van der Waals surface area contributed by atoms with E-state index in [4.69, 9.17) is 0 Å². The molecule has 6 nitrogen and oxygen atoms in total. The second-order valence-electron chi connectivity index (χ2n) is 4.26. The van der Waals surface area contributed by atoms with Gasteiger partial charge in [0.15, 0.2) is 0 Å². The van der Waals surface area contributed by atoms with Crippen molar-refractivity contribution >= 4 is 23.5 Å². The third kappa shape index (κ3) is 3.38. The molecule has 1 aromatic heterocycles. The molecule has 1 heterocycles. The van der Waals surface area contributed by atoms with E-state index >= 15 is 0 Å². The van der Waals surface area contributed by atoms with E-state index in [0.29, 0.717) is 11.3 Å². The molecule has 20 heavy (non-hydrogen) atoms. The van der Waals surface area contributed by atoms with Gasteiger partial charge in [-0.15, -0.1) is 0 Å². The summed E-state index contributed by atoms with van der Waals surface area (Å²) < 4.78 is 0. The molecule has 0 fully saturated rings. The molecule has 1 aromatic carbocycles. The van der Waals surface area contributed by atoms with E-state index < -0.39 is 0 Å². The Bertz CT molecular complexity index is 638. The summed E-state index contributed by atoms with van der Waals surface area (Å²) in [7, 11) is 0. The molecule has 0 atom stereocenters. The minimum absolute atomic E-state index is 0.221. The van der Waals surface area contributed by atoms with E-state index in [0.717, 1.165) is 5.56 Å². The quantitative estimate of drug-likeness (QED) is 0.893. The molecular formula is C14H14N4O2. The average molecular weight is 270 g/mol. The maximum absolute atomic E-state index is 12.2. The zero-order valence-corrected chi connectivity index (χ0v) is 11.2. The SMILES string of the molecule is CC(=O)Nc1ccccc1C(=O)Nc1ncc(C)cn1. The number of aryl methyl sites for hydroxylation is 1. The Morgan fingerprint density at radius 3 is 2.35 bits per heavy atom. The highest BCUT2D eigenvalue weighted by Crippen LogP contribution is 2.16. The molecule has 102 valence electrons. The van der Waals surface area contributed by atoms with E-state index in [-0.39, 0.29) is 17.8 Å². The average Bonchev–Trinajstić information content (AvgIpc) is 2.41. The van der Waals surface area contributed by atoms with Crippen molar-refractivity contribution in [2.24, 2.45) is 0 Å².